The molecule has 0 fully saturated rings. The van der Waals surface area contributed by atoms with Gasteiger partial charge in [-0.15, -0.1) is 0 Å². The largest absolute Gasteiger partial charge is 0.469 e. The first-order valence-electron chi connectivity index (χ1n) is 5.03. The van der Waals surface area contributed by atoms with Gasteiger partial charge in [0.1, 0.15) is 6.04 Å². The van der Waals surface area contributed by atoms with Crippen LogP contribution in [0, 0.1) is 0 Å². The number of carbonyl (C=O) groups excluding carboxylic acids is 2. The van der Waals surface area contributed by atoms with E-state index in [0.717, 1.165) is 12.8 Å². The van der Waals surface area contributed by atoms with Gasteiger partial charge < -0.3 is 14.8 Å². The van der Waals surface area contributed by atoms with Gasteiger partial charge in [0, 0.05) is 0 Å². The highest BCUT2D eigenvalue weighted by molar-refractivity contribution is 5.82. The van der Waals surface area contributed by atoms with E-state index in [1.807, 2.05) is 0 Å². The van der Waals surface area contributed by atoms with Crippen molar-refractivity contribution < 1.29 is 19.1 Å². The van der Waals surface area contributed by atoms with Gasteiger partial charge in [0.2, 0.25) is 0 Å². The van der Waals surface area contributed by atoms with Crippen molar-refractivity contribution in [1.29, 1.82) is 0 Å². The summed E-state index contributed by atoms with van der Waals surface area (Å²) < 4.78 is 9.07. The Morgan fingerprint density at radius 2 is 1.93 bits per heavy atom. The Labute approximate surface area is 90.1 Å². The van der Waals surface area contributed by atoms with Crippen molar-refractivity contribution in [2.75, 3.05) is 20.8 Å². The van der Waals surface area contributed by atoms with Crippen LogP contribution in [-0.4, -0.2) is 38.7 Å². The molecule has 0 aliphatic heterocycles. The van der Waals surface area contributed by atoms with Crippen LogP contribution >= 0.6 is 0 Å². The molecule has 1 atom stereocenters. The summed E-state index contributed by atoms with van der Waals surface area (Å²) in [5, 5.41) is 2.96. The van der Waals surface area contributed by atoms with Crippen LogP contribution in [0.5, 0.6) is 0 Å². The molecule has 0 radical (unpaired) electrons. The third-order valence-electron chi connectivity index (χ3n) is 2.01. The van der Waals surface area contributed by atoms with Gasteiger partial charge in [0.15, 0.2) is 0 Å². The van der Waals surface area contributed by atoms with Crippen LogP contribution < -0.4 is 5.32 Å². The zero-order valence-corrected chi connectivity index (χ0v) is 9.54. The molecule has 0 aliphatic rings. The fourth-order valence-electron chi connectivity index (χ4n) is 1.08. The molecule has 15 heavy (non-hydrogen) atoms. The number of ether oxygens (including phenoxy) is 2. The number of nitrogens with one attached hydrogen (secondary N) is 1. The van der Waals surface area contributed by atoms with E-state index < -0.39 is 18.0 Å². The first kappa shape index (κ1) is 13.9. The zero-order chi connectivity index (χ0) is 11.7. The lowest BCUT2D eigenvalue weighted by Crippen LogP contribution is -2.40. The zero-order valence-electron chi connectivity index (χ0n) is 9.54. The number of rotatable bonds is 7. The van der Waals surface area contributed by atoms with Crippen molar-refractivity contribution in [3.05, 3.63) is 0 Å². The van der Waals surface area contributed by atoms with Gasteiger partial charge in [0.25, 0.3) is 0 Å². The third kappa shape index (κ3) is 6.06. The maximum absolute atomic E-state index is 11.3. The van der Waals surface area contributed by atoms with Gasteiger partial charge in [0.05, 0.1) is 20.6 Å². The fourth-order valence-corrected chi connectivity index (χ4v) is 1.08. The van der Waals surface area contributed by atoms with Crippen molar-refractivity contribution >= 4 is 11.9 Å². The highest BCUT2D eigenvalue weighted by Crippen LogP contribution is 1.98. The van der Waals surface area contributed by atoms with E-state index >= 15 is 0 Å². The van der Waals surface area contributed by atoms with E-state index in [1.54, 1.807) is 0 Å². The molecule has 0 heterocycles. The standard InChI is InChI=1S/C10H19NO4/c1-4-5-6-11-8(10(13)15-3)7-9(12)14-2/h8,11H,4-7H2,1-3H3. The number of methoxy groups -OCH3 is 2. The number of hydrogen-bond acceptors (Lipinski definition) is 5. The van der Waals surface area contributed by atoms with Crippen LogP contribution in [0.25, 0.3) is 0 Å². The second-order valence-electron chi connectivity index (χ2n) is 3.16. The maximum Gasteiger partial charge on any atom is 0.323 e. The molecule has 0 bridgehead atoms. The number of esters is 2. The lowest BCUT2D eigenvalue weighted by Gasteiger charge is -2.14. The minimum absolute atomic E-state index is 0.00683. The van der Waals surface area contributed by atoms with Crippen molar-refractivity contribution in [3.63, 3.8) is 0 Å². The Kier molecular flexibility index (Phi) is 7.62. The normalized spacial score (nSPS) is 11.9. The molecule has 5 nitrogen and oxygen atoms in total. The van der Waals surface area contributed by atoms with Crippen molar-refractivity contribution in [3.8, 4) is 0 Å². The van der Waals surface area contributed by atoms with Crippen LogP contribution in [0.15, 0.2) is 0 Å². The van der Waals surface area contributed by atoms with Crippen LogP contribution in [0.2, 0.25) is 0 Å². The first-order chi connectivity index (χ1) is 7.15. The molecule has 0 aliphatic carbocycles. The lowest BCUT2D eigenvalue weighted by molar-refractivity contribution is -0.149. The van der Waals surface area contributed by atoms with E-state index in [4.69, 9.17) is 0 Å². The summed E-state index contributed by atoms with van der Waals surface area (Å²) in [5.74, 6) is -0.856. The van der Waals surface area contributed by atoms with E-state index in [9.17, 15) is 9.59 Å². The van der Waals surface area contributed by atoms with Crippen molar-refractivity contribution in [2.45, 2.75) is 32.2 Å². The average molecular weight is 217 g/mol. The SMILES string of the molecule is CCCCNC(CC(=O)OC)C(=O)OC. The monoisotopic (exact) mass is 217 g/mol. The molecule has 0 aromatic heterocycles. The van der Waals surface area contributed by atoms with Gasteiger partial charge in [-0.3, -0.25) is 9.59 Å². The molecule has 0 spiro atoms. The second-order valence-corrected chi connectivity index (χ2v) is 3.16. The summed E-state index contributed by atoms with van der Waals surface area (Å²) in [4.78, 5) is 22.3. The summed E-state index contributed by atoms with van der Waals surface area (Å²) in [6.07, 6.45) is 1.99. The molecule has 0 aromatic carbocycles. The highest BCUT2D eigenvalue weighted by Gasteiger charge is 2.21. The molecule has 88 valence electrons. The molecule has 1 unspecified atom stereocenters. The molecule has 0 amide bonds. The minimum Gasteiger partial charge on any atom is -0.469 e. The Morgan fingerprint density at radius 1 is 1.27 bits per heavy atom. The van der Waals surface area contributed by atoms with Crippen LogP contribution in [0.4, 0.5) is 0 Å². The maximum atomic E-state index is 11.3. The first-order valence-corrected chi connectivity index (χ1v) is 5.03. The van der Waals surface area contributed by atoms with E-state index in [-0.39, 0.29) is 6.42 Å². The molecule has 0 saturated carbocycles. The Hall–Kier alpha value is -1.10. The van der Waals surface area contributed by atoms with Gasteiger partial charge in [-0.05, 0) is 13.0 Å². The Morgan fingerprint density at radius 3 is 2.40 bits per heavy atom. The molecular formula is C10H19NO4. The molecular weight excluding hydrogens is 198 g/mol. The lowest BCUT2D eigenvalue weighted by atomic mass is 10.2. The quantitative estimate of drug-likeness (QED) is 0.496. The Bertz CT molecular complexity index is 206. The van der Waals surface area contributed by atoms with Crippen molar-refractivity contribution in [2.24, 2.45) is 0 Å². The average Bonchev–Trinajstić information content (AvgIpc) is 2.26. The summed E-state index contributed by atoms with van der Waals surface area (Å²) in [6, 6.07) is -0.603. The predicted molar refractivity (Wildman–Crippen MR) is 55.3 cm³/mol. The molecule has 0 aromatic rings. The summed E-state index contributed by atoms with van der Waals surface area (Å²) in [7, 11) is 2.59. The van der Waals surface area contributed by atoms with Crippen LogP contribution in [0.3, 0.4) is 0 Å². The molecule has 0 saturated heterocycles. The topological polar surface area (TPSA) is 64.6 Å². The summed E-state index contributed by atoms with van der Waals surface area (Å²) in [5.41, 5.74) is 0. The highest BCUT2D eigenvalue weighted by atomic mass is 16.5. The van der Waals surface area contributed by atoms with Crippen LogP contribution in [-0.2, 0) is 19.1 Å². The Balaban J connectivity index is 4.06. The van der Waals surface area contributed by atoms with Gasteiger partial charge >= 0.3 is 11.9 Å². The summed E-state index contributed by atoms with van der Waals surface area (Å²) in [6.45, 7) is 2.74. The van der Waals surface area contributed by atoms with Crippen molar-refractivity contribution in [1.82, 2.24) is 5.32 Å². The number of carbonyl (C=O) groups is 2. The van der Waals surface area contributed by atoms with Gasteiger partial charge in [-0.2, -0.15) is 0 Å². The second kappa shape index (κ2) is 8.23. The van der Waals surface area contributed by atoms with Crippen LogP contribution in [0.1, 0.15) is 26.2 Å². The van der Waals surface area contributed by atoms with Gasteiger partial charge in [-0.1, -0.05) is 13.3 Å². The summed E-state index contributed by atoms with van der Waals surface area (Å²) >= 11 is 0. The third-order valence-corrected chi connectivity index (χ3v) is 2.01. The number of hydrogen-bond donors (Lipinski definition) is 1. The van der Waals surface area contributed by atoms with E-state index in [2.05, 4.69) is 21.7 Å². The molecule has 5 heteroatoms. The number of unbranched alkanes of at least 4 members (excludes halogenated alkanes) is 1. The molecule has 0 rings (SSSR count). The minimum atomic E-state index is -0.603. The fraction of sp³-hybridized carbons (Fsp3) is 0.800. The molecule has 1 N–H and O–H groups in total. The van der Waals surface area contributed by atoms with E-state index in [1.165, 1.54) is 14.2 Å². The predicted octanol–water partition coefficient (Wildman–Crippen LogP) is 0.481. The smallest absolute Gasteiger partial charge is 0.323 e. The van der Waals surface area contributed by atoms with E-state index in [0.29, 0.717) is 6.54 Å². The van der Waals surface area contributed by atoms with Gasteiger partial charge in [-0.25, -0.2) is 0 Å².